The van der Waals surface area contributed by atoms with E-state index in [2.05, 4.69) is 16.5 Å². The topological polar surface area (TPSA) is 88.1 Å². The number of carbonyl (C=O) groups is 3. The average Bonchev–Trinajstić information content (AvgIpc) is 2.75. The molecule has 1 aromatic rings. The number of anilines is 1. The maximum atomic E-state index is 12.4. The summed E-state index contributed by atoms with van der Waals surface area (Å²) in [7, 11) is 0. The molecular weight excluding hydrogens is 370 g/mol. The van der Waals surface area contributed by atoms with Crippen LogP contribution < -0.4 is 10.3 Å². The first-order chi connectivity index (χ1) is 14.0. The van der Waals surface area contributed by atoms with Gasteiger partial charge in [0.2, 0.25) is 5.91 Å². The minimum absolute atomic E-state index is 0.139. The van der Waals surface area contributed by atoms with Crippen molar-refractivity contribution in [3.05, 3.63) is 42.0 Å². The van der Waals surface area contributed by atoms with E-state index in [0.29, 0.717) is 12.2 Å². The maximum absolute atomic E-state index is 12.4. The molecule has 154 valence electrons. The molecule has 7 nitrogen and oxygen atoms in total. The van der Waals surface area contributed by atoms with Gasteiger partial charge in [0.15, 0.2) is 6.10 Å². The minimum Gasteiger partial charge on any atom is -0.448 e. The van der Waals surface area contributed by atoms with Crippen LogP contribution in [0.2, 0.25) is 0 Å². The normalized spacial score (nSPS) is 17.8. The number of hydrazone groups is 1. The van der Waals surface area contributed by atoms with Gasteiger partial charge in [-0.05, 0) is 51.2 Å². The van der Waals surface area contributed by atoms with E-state index in [4.69, 9.17) is 4.74 Å². The summed E-state index contributed by atoms with van der Waals surface area (Å²) in [6, 6.07) is 8.91. The summed E-state index contributed by atoms with van der Waals surface area (Å²) in [6.07, 6.45) is 7.17. The molecule has 2 aliphatic rings. The molecule has 7 heteroatoms. The minimum atomic E-state index is -0.923. The second kappa shape index (κ2) is 10.0. The third-order valence-electron chi connectivity index (χ3n) is 5.05. The van der Waals surface area contributed by atoms with E-state index < -0.39 is 12.1 Å². The number of rotatable bonds is 7. The van der Waals surface area contributed by atoms with Crippen molar-refractivity contribution < 1.29 is 19.1 Å². The van der Waals surface area contributed by atoms with Crippen molar-refractivity contribution in [1.82, 2.24) is 5.32 Å². The fourth-order valence-corrected chi connectivity index (χ4v) is 3.38. The molecule has 0 saturated heterocycles. The highest BCUT2D eigenvalue weighted by Gasteiger charge is 2.28. The van der Waals surface area contributed by atoms with E-state index in [1.54, 1.807) is 24.3 Å². The number of carbonyl (C=O) groups excluding carboxylic acids is 3. The van der Waals surface area contributed by atoms with E-state index in [1.165, 1.54) is 30.3 Å². The summed E-state index contributed by atoms with van der Waals surface area (Å²) in [4.78, 5) is 36.8. The van der Waals surface area contributed by atoms with Crippen molar-refractivity contribution in [2.75, 3.05) is 11.6 Å². The first-order valence-electron chi connectivity index (χ1n) is 10.2. The van der Waals surface area contributed by atoms with Crippen LogP contribution in [0, 0.1) is 0 Å². The predicted molar refractivity (Wildman–Crippen MR) is 110 cm³/mol. The molecule has 0 aromatic heterocycles. The molecular formula is C22H27N3O4. The number of benzene rings is 1. The predicted octanol–water partition coefficient (Wildman–Crippen LogP) is 3.11. The van der Waals surface area contributed by atoms with Crippen LogP contribution in [0.25, 0.3) is 0 Å². The zero-order valence-electron chi connectivity index (χ0n) is 16.7. The number of nitrogens with one attached hydrogen (secondary N) is 1. The Labute approximate surface area is 170 Å². The third kappa shape index (κ3) is 5.76. The van der Waals surface area contributed by atoms with Gasteiger partial charge in [0.25, 0.3) is 5.91 Å². The molecule has 0 saturated carbocycles. The molecule has 0 spiro atoms. The Hall–Kier alpha value is -2.96. The largest absolute Gasteiger partial charge is 0.448 e. The van der Waals surface area contributed by atoms with E-state index in [-0.39, 0.29) is 30.4 Å². The van der Waals surface area contributed by atoms with Gasteiger partial charge >= 0.3 is 5.97 Å². The summed E-state index contributed by atoms with van der Waals surface area (Å²) in [5.74, 6) is -1.19. The van der Waals surface area contributed by atoms with Gasteiger partial charge in [-0.1, -0.05) is 29.8 Å². The van der Waals surface area contributed by atoms with Crippen LogP contribution in [-0.2, 0) is 19.1 Å². The van der Waals surface area contributed by atoms with Crippen molar-refractivity contribution in [2.24, 2.45) is 5.10 Å². The molecule has 0 radical (unpaired) electrons. The fraction of sp³-hybridized carbons (Fsp3) is 0.455. The summed E-state index contributed by atoms with van der Waals surface area (Å²) >= 11 is 0. The summed E-state index contributed by atoms with van der Waals surface area (Å²) in [5, 5.41) is 8.18. The Kier molecular flexibility index (Phi) is 7.16. The number of hydrogen-bond acceptors (Lipinski definition) is 5. The SMILES string of the molecule is C[C@@H](OC(=O)C1=NN(c2ccccc2)C(=O)CC1)C(=O)NCCC1=CCCCC1. The van der Waals surface area contributed by atoms with Gasteiger partial charge < -0.3 is 10.1 Å². The number of para-hydroxylation sites is 1. The zero-order valence-corrected chi connectivity index (χ0v) is 16.7. The number of esters is 1. The molecule has 1 heterocycles. The van der Waals surface area contributed by atoms with E-state index in [1.807, 2.05) is 6.07 Å². The molecule has 1 aliphatic carbocycles. The number of allylic oxidation sites excluding steroid dienone is 1. The van der Waals surface area contributed by atoms with Gasteiger partial charge in [-0.15, -0.1) is 0 Å². The maximum Gasteiger partial charge on any atom is 0.355 e. The smallest absolute Gasteiger partial charge is 0.355 e. The Bertz CT molecular complexity index is 817. The second-order valence-electron chi connectivity index (χ2n) is 7.28. The fourth-order valence-electron chi connectivity index (χ4n) is 3.38. The van der Waals surface area contributed by atoms with Gasteiger partial charge in [0, 0.05) is 19.4 Å². The lowest BCUT2D eigenvalue weighted by Gasteiger charge is -2.23. The van der Waals surface area contributed by atoms with Crippen LogP contribution in [0.4, 0.5) is 5.69 Å². The quantitative estimate of drug-likeness (QED) is 0.566. The van der Waals surface area contributed by atoms with E-state index in [0.717, 1.165) is 19.3 Å². The van der Waals surface area contributed by atoms with Crippen LogP contribution in [0.1, 0.15) is 51.9 Å². The number of nitrogens with zero attached hydrogens (tertiary/aromatic N) is 2. The van der Waals surface area contributed by atoms with Crippen LogP contribution in [0.3, 0.4) is 0 Å². The monoisotopic (exact) mass is 397 g/mol. The highest BCUT2D eigenvalue weighted by atomic mass is 16.5. The molecule has 29 heavy (non-hydrogen) atoms. The van der Waals surface area contributed by atoms with Crippen molar-refractivity contribution in [1.29, 1.82) is 0 Å². The highest BCUT2D eigenvalue weighted by Crippen LogP contribution is 2.21. The van der Waals surface area contributed by atoms with Crippen LogP contribution in [-0.4, -0.2) is 36.1 Å². The standard InChI is InChI=1S/C22H27N3O4/c1-16(21(27)23-15-14-17-8-4-2-5-9-17)29-22(28)19-12-13-20(26)25(24-19)18-10-6-3-7-11-18/h3,6-8,10-11,16H,2,4-5,9,12-15H2,1H3,(H,23,27)/t16-/m1/s1. The molecule has 1 aliphatic heterocycles. The third-order valence-corrected chi connectivity index (χ3v) is 5.05. The lowest BCUT2D eigenvalue weighted by atomic mass is 9.97. The Morgan fingerprint density at radius 2 is 1.97 bits per heavy atom. The number of ether oxygens (including phenoxy) is 1. The highest BCUT2D eigenvalue weighted by molar-refractivity contribution is 6.38. The Morgan fingerprint density at radius 1 is 1.17 bits per heavy atom. The summed E-state index contributed by atoms with van der Waals surface area (Å²) in [6.45, 7) is 2.07. The van der Waals surface area contributed by atoms with Crippen molar-refractivity contribution in [3.8, 4) is 0 Å². The van der Waals surface area contributed by atoms with Crippen LogP contribution >= 0.6 is 0 Å². The Balaban J connectivity index is 1.52. The first-order valence-corrected chi connectivity index (χ1v) is 10.2. The van der Waals surface area contributed by atoms with Gasteiger partial charge in [-0.3, -0.25) is 9.59 Å². The molecule has 0 fully saturated rings. The number of hydrogen-bond donors (Lipinski definition) is 1. The lowest BCUT2D eigenvalue weighted by Crippen LogP contribution is -2.40. The average molecular weight is 397 g/mol. The molecule has 0 unspecified atom stereocenters. The second-order valence-corrected chi connectivity index (χ2v) is 7.28. The van der Waals surface area contributed by atoms with Crippen LogP contribution in [0.15, 0.2) is 47.1 Å². The number of amides is 2. The lowest BCUT2D eigenvalue weighted by molar-refractivity contribution is -0.148. The molecule has 0 bridgehead atoms. The molecule has 1 aromatic carbocycles. The van der Waals surface area contributed by atoms with E-state index >= 15 is 0 Å². The van der Waals surface area contributed by atoms with Crippen molar-refractivity contribution in [3.63, 3.8) is 0 Å². The van der Waals surface area contributed by atoms with E-state index in [9.17, 15) is 14.4 Å². The first kappa shape index (κ1) is 20.8. The van der Waals surface area contributed by atoms with Crippen LogP contribution in [0.5, 0.6) is 0 Å². The molecule has 1 atom stereocenters. The molecule has 3 rings (SSSR count). The van der Waals surface area contributed by atoms with Crippen molar-refractivity contribution in [2.45, 2.75) is 58.0 Å². The zero-order chi connectivity index (χ0) is 20.6. The summed E-state index contributed by atoms with van der Waals surface area (Å²) in [5.41, 5.74) is 2.11. The Morgan fingerprint density at radius 3 is 2.69 bits per heavy atom. The van der Waals surface area contributed by atoms with Gasteiger partial charge in [0.1, 0.15) is 5.71 Å². The van der Waals surface area contributed by atoms with Crippen molar-refractivity contribution >= 4 is 29.2 Å². The van der Waals surface area contributed by atoms with Gasteiger partial charge in [-0.25, -0.2) is 9.80 Å². The van der Waals surface area contributed by atoms with Gasteiger partial charge in [-0.2, -0.15) is 5.10 Å². The van der Waals surface area contributed by atoms with Gasteiger partial charge in [0.05, 0.1) is 5.69 Å². The molecule has 2 amide bonds. The molecule has 1 N–H and O–H groups in total. The summed E-state index contributed by atoms with van der Waals surface area (Å²) < 4.78 is 5.28.